The van der Waals surface area contributed by atoms with E-state index in [1.165, 1.54) is 0 Å². The largest absolute Gasteiger partial charge is 0.476 e. The van der Waals surface area contributed by atoms with Crippen molar-refractivity contribution in [3.63, 3.8) is 0 Å². The van der Waals surface area contributed by atoms with Gasteiger partial charge in [-0.1, -0.05) is 24.3 Å². The minimum absolute atomic E-state index is 0.0787. The fraction of sp³-hybridized carbons (Fsp3) is 0. The van der Waals surface area contributed by atoms with Gasteiger partial charge in [-0.25, -0.2) is 9.78 Å². The van der Waals surface area contributed by atoms with Gasteiger partial charge in [0.2, 0.25) is 0 Å². The molecule has 0 saturated carbocycles. The number of aromatic nitrogens is 1. The lowest BCUT2D eigenvalue weighted by molar-refractivity contribution is 0.0692. The third-order valence-corrected chi connectivity index (χ3v) is 2.32. The lowest BCUT2D eigenvalue weighted by atomic mass is 10.1. The van der Waals surface area contributed by atoms with Gasteiger partial charge in [0.05, 0.1) is 0 Å². The fourth-order valence-corrected chi connectivity index (χ4v) is 1.75. The smallest absolute Gasteiger partial charge is 0.355 e. The number of pyridine rings is 1. The molecule has 2 rings (SSSR count). The van der Waals surface area contributed by atoms with Crippen LogP contribution in [0.15, 0.2) is 34.9 Å². The molecule has 3 nitrogen and oxygen atoms in total. The van der Waals surface area contributed by atoms with E-state index in [4.69, 9.17) is 5.11 Å². The molecule has 0 spiro atoms. The van der Waals surface area contributed by atoms with Crippen LogP contribution < -0.4 is 0 Å². The second-order valence-electron chi connectivity index (χ2n) is 2.82. The molecule has 0 aliphatic rings. The summed E-state index contributed by atoms with van der Waals surface area (Å²) in [5.41, 5.74) is 0.0787. The Morgan fingerprint density at radius 2 is 2.07 bits per heavy atom. The normalized spacial score (nSPS) is 10.4. The summed E-state index contributed by atoms with van der Waals surface area (Å²) in [5.74, 6) is -1.01. The number of halogens is 1. The van der Waals surface area contributed by atoms with Crippen LogP contribution in [-0.2, 0) is 0 Å². The number of hydrogen-bond acceptors (Lipinski definition) is 2. The lowest BCUT2D eigenvalue weighted by Crippen LogP contribution is -2.01. The highest BCUT2D eigenvalue weighted by molar-refractivity contribution is 9.10. The molecule has 1 N–H and O–H groups in total. The van der Waals surface area contributed by atoms with Crippen LogP contribution in [0.4, 0.5) is 0 Å². The number of aromatic carboxylic acids is 1. The summed E-state index contributed by atoms with van der Waals surface area (Å²) in [6, 6.07) is 9.05. The number of carbonyl (C=O) groups is 1. The van der Waals surface area contributed by atoms with Crippen LogP contribution in [0, 0.1) is 0 Å². The van der Waals surface area contributed by atoms with Crippen molar-refractivity contribution in [1.29, 1.82) is 0 Å². The highest BCUT2D eigenvalue weighted by Crippen LogP contribution is 2.20. The van der Waals surface area contributed by atoms with Crippen molar-refractivity contribution < 1.29 is 9.90 Å². The zero-order valence-corrected chi connectivity index (χ0v) is 8.65. The molecule has 1 heterocycles. The summed E-state index contributed by atoms with van der Waals surface area (Å²) in [7, 11) is 0. The van der Waals surface area contributed by atoms with Gasteiger partial charge < -0.3 is 5.11 Å². The number of nitrogens with zero attached hydrogens (tertiary/aromatic N) is 1. The van der Waals surface area contributed by atoms with Crippen molar-refractivity contribution in [3.8, 4) is 0 Å². The molecule has 0 atom stereocenters. The first-order chi connectivity index (χ1) is 6.68. The summed E-state index contributed by atoms with van der Waals surface area (Å²) in [4.78, 5) is 14.8. The molecule has 1 aromatic heterocycles. The number of carboxylic acid groups (broad SMARTS) is 1. The molecule has 0 unspecified atom stereocenters. The molecule has 70 valence electrons. The van der Waals surface area contributed by atoms with Gasteiger partial charge in [0.1, 0.15) is 4.60 Å². The van der Waals surface area contributed by atoms with E-state index in [2.05, 4.69) is 20.9 Å². The van der Waals surface area contributed by atoms with Crippen molar-refractivity contribution >= 4 is 32.7 Å². The highest BCUT2D eigenvalue weighted by atomic mass is 79.9. The third-order valence-electron chi connectivity index (χ3n) is 1.91. The molecule has 1 aromatic carbocycles. The van der Waals surface area contributed by atoms with E-state index in [1.54, 1.807) is 18.2 Å². The Morgan fingerprint density at radius 1 is 1.36 bits per heavy atom. The number of benzene rings is 1. The zero-order chi connectivity index (χ0) is 10.1. The van der Waals surface area contributed by atoms with E-state index in [1.807, 2.05) is 12.1 Å². The van der Waals surface area contributed by atoms with Crippen LogP contribution in [0.3, 0.4) is 0 Å². The Balaban J connectivity index is 2.87. The van der Waals surface area contributed by atoms with Gasteiger partial charge in [0, 0.05) is 5.39 Å². The molecule has 4 heteroatoms. The maximum atomic E-state index is 10.9. The van der Waals surface area contributed by atoms with Crippen LogP contribution in [-0.4, -0.2) is 16.1 Å². The minimum atomic E-state index is -1.01. The maximum Gasteiger partial charge on any atom is 0.355 e. The van der Waals surface area contributed by atoms with Crippen molar-refractivity contribution in [2.24, 2.45) is 0 Å². The standard InChI is InChI=1S/C10H6BrNO2/c11-8-5-6-3-1-2-4-7(6)9(12-8)10(13)14/h1-5H,(H,13,14). The first kappa shape index (κ1) is 9.15. The molecule has 0 bridgehead atoms. The van der Waals surface area contributed by atoms with Gasteiger partial charge in [-0.3, -0.25) is 0 Å². The van der Waals surface area contributed by atoms with E-state index in [-0.39, 0.29) is 5.69 Å². The second kappa shape index (κ2) is 3.38. The highest BCUT2D eigenvalue weighted by Gasteiger charge is 2.10. The van der Waals surface area contributed by atoms with Gasteiger partial charge >= 0.3 is 5.97 Å². The Hall–Kier alpha value is -1.42. The summed E-state index contributed by atoms with van der Waals surface area (Å²) in [5, 5.41) is 10.4. The Bertz CT molecular complexity index is 510. The summed E-state index contributed by atoms with van der Waals surface area (Å²) < 4.78 is 0.536. The third kappa shape index (κ3) is 1.48. The average Bonchev–Trinajstić information content (AvgIpc) is 2.16. The van der Waals surface area contributed by atoms with Crippen LogP contribution in [0.25, 0.3) is 10.8 Å². The fourth-order valence-electron chi connectivity index (χ4n) is 1.33. The van der Waals surface area contributed by atoms with Crippen molar-refractivity contribution in [1.82, 2.24) is 4.98 Å². The zero-order valence-electron chi connectivity index (χ0n) is 7.07. The predicted molar refractivity (Wildman–Crippen MR) is 56.4 cm³/mol. The summed E-state index contributed by atoms with van der Waals surface area (Å²) >= 11 is 3.18. The summed E-state index contributed by atoms with van der Waals surface area (Å²) in [6.07, 6.45) is 0. The number of rotatable bonds is 1. The number of fused-ring (bicyclic) bond motifs is 1. The molecule has 2 aromatic rings. The van der Waals surface area contributed by atoms with E-state index in [0.717, 1.165) is 5.39 Å². The van der Waals surface area contributed by atoms with Gasteiger partial charge in [-0.15, -0.1) is 0 Å². The Kier molecular flexibility index (Phi) is 2.21. The molecule has 14 heavy (non-hydrogen) atoms. The SMILES string of the molecule is O=C(O)c1nc(Br)cc2ccccc12. The van der Waals surface area contributed by atoms with Crippen LogP contribution in [0.2, 0.25) is 0 Å². The molecule has 0 aliphatic carbocycles. The lowest BCUT2D eigenvalue weighted by Gasteiger charge is -2.01. The van der Waals surface area contributed by atoms with Crippen LogP contribution in [0.5, 0.6) is 0 Å². The molecular weight excluding hydrogens is 246 g/mol. The van der Waals surface area contributed by atoms with Gasteiger partial charge in [0.25, 0.3) is 0 Å². The molecule has 0 amide bonds. The molecular formula is C10H6BrNO2. The number of hydrogen-bond donors (Lipinski definition) is 1. The first-order valence-electron chi connectivity index (χ1n) is 3.97. The first-order valence-corrected chi connectivity index (χ1v) is 4.76. The Labute approximate surface area is 88.5 Å². The molecule has 0 aliphatic heterocycles. The predicted octanol–water partition coefficient (Wildman–Crippen LogP) is 2.70. The Morgan fingerprint density at radius 3 is 2.79 bits per heavy atom. The molecule has 0 fully saturated rings. The van der Waals surface area contributed by atoms with E-state index >= 15 is 0 Å². The topological polar surface area (TPSA) is 50.2 Å². The minimum Gasteiger partial charge on any atom is -0.476 e. The summed E-state index contributed by atoms with van der Waals surface area (Å²) in [6.45, 7) is 0. The van der Waals surface area contributed by atoms with Crippen molar-refractivity contribution in [3.05, 3.63) is 40.6 Å². The second-order valence-corrected chi connectivity index (χ2v) is 3.63. The van der Waals surface area contributed by atoms with Gasteiger partial charge in [-0.2, -0.15) is 0 Å². The van der Waals surface area contributed by atoms with Crippen LogP contribution in [0.1, 0.15) is 10.5 Å². The molecule has 0 radical (unpaired) electrons. The van der Waals surface area contributed by atoms with Crippen LogP contribution >= 0.6 is 15.9 Å². The van der Waals surface area contributed by atoms with Crippen molar-refractivity contribution in [2.75, 3.05) is 0 Å². The van der Waals surface area contributed by atoms with Gasteiger partial charge in [-0.05, 0) is 27.4 Å². The van der Waals surface area contributed by atoms with E-state index in [9.17, 15) is 4.79 Å². The molecule has 0 saturated heterocycles. The maximum absolute atomic E-state index is 10.9. The van der Waals surface area contributed by atoms with Crippen molar-refractivity contribution in [2.45, 2.75) is 0 Å². The average molecular weight is 252 g/mol. The van der Waals surface area contributed by atoms with E-state index < -0.39 is 5.97 Å². The number of carboxylic acids is 1. The monoisotopic (exact) mass is 251 g/mol. The quantitative estimate of drug-likeness (QED) is 0.794. The van der Waals surface area contributed by atoms with E-state index in [0.29, 0.717) is 9.99 Å². The van der Waals surface area contributed by atoms with Gasteiger partial charge in [0.15, 0.2) is 5.69 Å².